The molecule has 0 saturated carbocycles. The van der Waals surface area contributed by atoms with Gasteiger partial charge in [-0.05, 0) is 77.9 Å². The molecule has 0 unspecified atom stereocenters. The van der Waals surface area contributed by atoms with E-state index in [4.69, 9.17) is 24.4 Å². The van der Waals surface area contributed by atoms with E-state index in [1.54, 1.807) is 0 Å². The number of benzene rings is 3. The quantitative estimate of drug-likeness (QED) is 0.228. The summed E-state index contributed by atoms with van der Waals surface area (Å²) in [6.07, 6.45) is 3.83. The van der Waals surface area contributed by atoms with Crippen LogP contribution in [-0.2, 0) is 32.2 Å². The van der Waals surface area contributed by atoms with Crippen LogP contribution in [0.1, 0.15) is 55.5 Å². The predicted molar refractivity (Wildman–Crippen MR) is 168 cm³/mol. The molecule has 37 heavy (non-hydrogen) atoms. The van der Waals surface area contributed by atoms with Gasteiger partial charge in [0.2, 0.25) is 0 Å². The smallest absolute Gasteiger partial charge is 0.173 e. The molecule has 0 bridgehead atoms. The zero-order chi connectivity index (χ0) is 26.6. The number of anilines is 2. The monoisotopic (exact) mass is 532 g/mol. The van der Waals surface area contributed by atoms with Gasteiger partial charge in [-0.2, -0.15) is 0 Å². The first-order chi connectivity index (χ1) is 18.0. The molecule has 3 aromatic rings. The van der Waals surface area contributed by atoms with Crippen molar-refractivity contribution in [1.29, 1.82) is 0 Å². The van der Waals surface area contributed by atoms with Crippen molar-refractivity contribution in [3.8, 4) is 0 Å². The van der Waals surface area contributed by atoms with E-state index in [0.29, 0.717) is 18.2 Å². The molecule has 3 N–H and O–H groups in total. The van der Waals surface area contributed by atoms with E-state index < -0.39 is 0 Å². The SMILES string of the molecule is CCc1cccc(CC)c1NC(=S)NCCN(Cc1ccccc1)C(=S)Nc1c(CC)cccc1CC. The van der Waals surface area contributed by atoms with Gasteiger partial charge in [-0.25, -0.2) is 0 Å². The van der Waals surface area contributed by atoms with Crippen molar-refractivity contribution in [1.82, 2.24) is 10.2 Å². The Bertz CT molecular complexity index is 1130. The van der Waals surface area contributed by atoms with Gasteiger partial charge in [0.05, 0.1) is 0 Å². The minimum atomic E-state index is 0.638. The van der Waals surface area contributed by atoms with Gasteiger partial charge in [-0.1, -0.05) is 94.4 Å². The van der Waals surface area contributed by atoms with Crippen LogP contribution in [0.25, 0.3) is 0 Å². The number of hydrogen-bond donors (Lipinski definition) is 3. The molecule has 0 aliphatic heterocycles. The molecule has 0 spiro atoms. The third-order valence-corrected chi connectivity index (χ3v) is 7.25. The fourth-order valence-electron chi connectivity index (χ4n) is 4.51. The molecular weight excluding hydrogens is 493 g/mol. The lowest BCUT2D eigenvalue weighted by atomic mass is 10.0. The fraction of sp³-hybridized carbons (Fsp3) is 0.355. The summed E-state index contributed by atoms with van der Waals surface area (Å²) >= 11 is 11.6. The second-order valence-corrected chi connectivity index (χ2v) is 9.83. The van der Waals surface area contributed by atoms with Crippen LogP contribution in [0.2, 0.25) is 0 Å². The number of nitrogens with one attached hydrogen (secondary N) is 3. The Hall–Kier alpha value is -2.96. The standard InChI is InChI=1S/C31H40N4S2/c1-5-24-16-12-17-25(6-2)28(24)33-30(36)32-20-21-35(22-23-14-10-9-11-15-23)31(37)34-29-26(7-3)18-13-19-27(29)8-4/h9-19H,5-8,20-22H2,1-4H3,(H,34,37)(H2,32,33,36). The Labute approximate surface area is 233 Å². The Morgan fingerprint density at radius 1 is 0.649 bits per heavy atom. The van der Waals surface area contributed by atoms with Crippen LogP contribution in [0.15, 0.2) is 66.7 Å². The zero-order valence-electron chi connectivity index (χ0n) is 22.6. The highest BCUT2D eigenvalue weighted by Crippen LogP contribution is 2.24. The maximum Gasteiger partial charge on any atom is 0.173 e. The lowest BCUT2D eigenvalue weighted by molar-refractivity contribution is 0.422. The molecule has 0 fully saturated rings. The van der Waals surface area contributed by atoms with Gasteiger partial charge in [0.15, 0.2) is 10.2 Å². The molecule has 4 nitrogen and oxygen atoms in total. The van der Waals surface area contributed by atoms with E-state index in [0.717, 1.165) is 48.7 Å². The number of hydrogen-bond acceptors (Lipinski definition) is 2. The molecule has 196 valence electrons. The summed E-state index contributed by atoms with van der Waals surface area (Å²) in [5.41, 5.74) is 8.62. The van der Waals surface area contributed by atoms with Crippen molar-refractivity contribution in [2.45, 2.75) is 59.9 Å². The van der Waals surface area contributed by atoms with Gasteiger partial charge in [0, 0.05) is 31.0 Å². The summed E-state index contributed by atoms with van der Waals surface area (Å²) in [6.45, 7) is 10.8. The van der Waals surface area contributed by atoms with Gasteiger partial charge >= 0.3 is 0 Å². The number of nitrogens with zero attached hydrogens (tertiary/aromatic N) is 1. The second kappa shape index (κ2) is 14.7. The molecule has 0 saturated heterocycles. The van der Waals surface area contributed by atoms with E-state index in [1.807, 2.05) is 6.07 Å². The largest absolute Gasteiger partial charge is 0.361 e. The third kappa shape index (κ3) is 8.01. The molecule has 0 aliphatic rings. The summed E-state index contributed by atoms with van der Waals surface area (Å²) in [5, 5.41) is 11.8. The Morgan fingerprint density at radius 2 is 1.14 bits per heavy atom. The van der Waals surface area contributed by atoms with Crippen LogP contribution >= 0.6 is 24.4 Å². The molecule has 3 rings (SSSR count). The topological polar surface area (TPSA) is 39.3 Å². The lowest BCUT2D eigenvalue weighted by Crippen LogP contribution is -2.41. The highest BCUT2D eigenvalue weighted by atomic mass is 32.1. The number of rotatable bonds is 11. The highest BCUT2D eigenvalue weighted by Gasteiger charge is 2.15. The van der Waals surface area contributed by atoms with Crippen molar-refractivity contribution in [3.63, 3.8) is 0 Å². The minimum absolute atomic E-state index is 0.638. The third-order valence-electron chi connectivity index (χ3n) is 6.64. The van der Waals surface area contributed by atoms with Gasteiger partial charge in [-0.15, -0.1) is 0 Å². The zero-order valence-corrected chi connectivity index (χ0v) is 24.2. The predicted octanol–water partition coefficient (Wildman–Crippen LogP) is 7.12. The lowest BCUT2D eigenvalue weighted by Gasteiger charge is -2.28. The number of aryl methyl sites for hydroxylation is 4. The molecule has 0 atom stereocenters. The molecule has 0 heterocycles. The molecule has 0 aliphatic carbocycles. The summed E-state index contributed by atoms with van der Waals surface area (Å²) in [7, 11) is 0. The van der Waals surface area contributed by atoms with Crippen molar-refractivity contribution in [2.75, 3.05) is 23.7 Å². The fourth-order valence-corrected chi connectivity index (χ4v) is 4.97. The molecule has 0 radical (unpaired) electrons. The molecular formula is C31H40N4S2. The maximum absolute atomic E-state index is 5.96. The van der Waals surface area contributed by atoms with E-state index >= 15 is 0 Å². The van der Waals surface area contributed by atoms with Crippen LogP contribution in [-0.4, -0.2) is 28.2 Å². The van der Waals surface area contributed by atoms with Gasteiger partial charge < -0.3 is 20.9 Å². The Morgan fingerprint density at radius 3 is 1.62 bits per heavy atom. The first-order valence-corrected chi connectivity index (χ1v) is 14.2. The van der Waals surface area contributed by atoms with Crippen LogP contribution in [0.3, 0.4) is 0 Å². The summed E-state index contributed by atoms with van der Waals surface area (Å²) in [6, 6.07) is 23.4. The van der Waals surface area contributed by atoms with E-state index in [2.05, 4.69) is 109 Å². The first-order valence-electron chi connectivity index (χ1n) is 13.4. The molecule has 0 amide bonds. The van der Waals surface area contributed by atoms with Gasteiger partial charge in [0.25, 0.3) is 0 Å². The van der Waals surface area contributed by atoms with Gasteiger partial charge in [-0.3, -0.25) is 0 Å². The first kappa shape index (κ1) is 28.6. The van der Waals surface area contributed by atoms with Crippen LogP contribution in [0.4, 0.5) is 11.4 Å². The van der Waals surface area contributed by atoms with E-state index in [9.17, 15) is 0 Å². The van der Waals surface area contributed by atoms with Crippen LogP contribution in [0, 0.1) is 0 Å². The average molecular weight is 533 g/mol. The summed E-state index contributed by atoms with van der Waals surface area (Å²) in [4.78, 5) is 2.21. The van der Waals surface area contributed by atoms with Crippen molar-refractivity contribution in [3.05, 3.63) is 94.5 Å². The average Bonchev–Trinajstić information content (AvgIpc) is 2.93. The van der Waals surface area contributed by atoms with E-state index in [-0.39, 0.29) is 0 Å². The summed E-state index contributed by atoms with van der Waals surface area (Å²) in [5.74, 6) is 0. The second-order valence-electron chi connectivity index (χ2n) is 9.03. The molecule has 3 aromatic carbocycles. The van der Waals surface area contributed by atoms with Crippen LogP contribution in [0.5, 0.6) is 0 Å². The van der Waals surface area contributed by atoms with Crippen molar-refractivity contribution in [2.24, 2.45) is 0 Å². The minimum Gasteiger partial charge on any atom is -0.361 e. The Balaban J connectivity index is 1.70. The normalized spacial score (nSPS) is 10.6. The number of para-hydroxylation sites is 2. The van der Waals surface area contributed by atoms with Crippen molar-refractivity contribution < 1.29 is 0 Å². The van der Waals surface area contributed by atoms with Crippen molar-refractivity contribution >= 4 is 46.0 Å². The Kier molecular flexibility index (Phi) is 11.4. The summed E-state index contributed by atoms with van der Waals surface area (Å²) < 4.78 is 0. The number of thiocarbonyl (C=S) groups is 2. The van der Waals surface area contributed by atoms with Crippen LogP contribution < -0.4 is 16.0 Å². The maximum atomic E-state index is 5.96. The van der Waals surface area contributed by atoms with Gasteiger partial charge in [0.1, 0.15) is 0 Å². The highest BCUT2D eigenvalue weighted by molar-refractivity contribution is 7.80. The molecule has 6 heteroatoms. The molecule has 0 aromatic heterocycles. The van der Waals surface area contributed by atoms with E-state index in [1.165, 1.54) is 27.8 Å².